The fourth-order valence-corrected chi connectivity index (χ4v) is 4.88. The van der Waals surface area contributed by atoms with Gasteiger partial charge in [0.2, 0.25) is 0 Å². The minimum Gasteiger partial charge on any atom is -0.480 e. The summed E-state index contributed by atoms with van der Waals surface area (Å²) in [5.41, 5.74) is 0. The summed E-state index contributed by atoms with van der Waals surface area (Å²) in [6.45, 7) is 4.58. The van der Waals surface area contributed by atoms with E-state index in [9.17, 15) is 15.0 Å². The summed E-state index contributed by atoms with van der Waals surface area (Å²) in [6.07, 6.45) is 6.92. The first-order chi connectivity index (χ1) is 12.9. The van der Waals surface area contributed by atoms with Crippen molar-refractivity contribution in [2.75, 3.05) is 13.2 Å². The van der Waals surface area contributed by atoms with Gasteiger partial charge in [0.05, 0.1) is 6.10 Å². The molecule has 0 aliphatic heterocycles. The van der Waals surface area contributed by atoms with E-state index in [4.69, 9.17) is 9.84 Å². The molecular formula is C22H36O5. The van der Waals surface area contributed by atoms with Gasteiger partial charge < -0.3 is 20.1 Å². The van der Waals surface area contributed by atoms with Crippen LogP contribution in [0.1, 0.15) is 65.2 Å². The number of carboxylic acids is 1. The fourth-order valence-electron chi connectivity index (χ4n) is 4.88. The molecule has 0 saturated heterocycles. The smallest absolute Gasteiger partial charge is 0.329 e. The Bertz CT molecular complexity index is 523. The molecule has 0 aromatic carbocycles. The second kappa shape index (κ2) is 11.0. The molecule has 5 nitrogen and oxygen atoms in total. The molecule has 0 radical (unpaired) electrons. The topological polar surface area (TPSA) is 87.0 Å². The molecule has 27 heavy (non-hydrogen) atoms. The maximum absolute atomic E-state index is 10.5. The summed E-state index contributed by atoms with van der Waals surface area (Å²) in [7, 11) is 0. The Morgan fingerprint density at radius 1 is 1.30 bits per heavy atom. The highest BCUT2D eigenvalue weighted by atomic mass is 16.5. The standard InChI is InChI=1S/C22H36O5/c1-3-4-5-15(2)10-18(23)6-7-19-20-12-16(8-9-27-14-22(25)26)11-17(20)13-21(19)24/h15-21,23-24H,3-5,8-14H2,1-2H3,(H,25,26)/t15?,16?,17-,18+,19-,20-,21-/m1/s1. The fraction of sp³-hybridized carbons (Fsp3) is 0.864. The number of hydrogen-bond donors (Lipinski definition) is 3. The SMILES string of the molecule is CCCCC(C)C[C@@H](O)C#C[C@@H]1[C@@H]2CC(CCOCC(=O)O)C[C@@H]2C[C@H]1O. The number of aliphatic carboxylic acids is 1. The van der Waals surface area contributed by atoms with Crippen LogP contribution in [-0.2, 0) is 9.53 Å². The van der Waals surface area contributed by atoms with Crippen molar-refractivity contribution in [2.45, 2.75) is 77.4 Å². The first-order valence-corrected chi connectivity index (χ1v) is 10.6. The van der Waals surface area contributed by atoms with Gasteiger partial charge in [-0.05, 0) is 55.8 Å². The lowest BCUT2D eigenvalue weighted by atomic mass is 9.90. The van der Waals surface area contributed by atoms with Crippen molar-refractivity contribution >= 4 is 5.97 Å². The van der Waals surface area contributed by atoms with Crippen molar-refractivity contribution in [1.82, 2.24) is 0 Å². The number of carboxylic acid groups (broad SMARTS) is 1. The van der Waals surface area contributed by atoms with Crippen molar-refractivity contribution in [3.8, 4) is 11.8 Å². The van der Waals surface area contributed by atoms with Crippen molar-refractivity contribution in [3.63, 3.8) is 0 Å². The lowest BCUT2D eigenvalue weighted by Crippen LogP contribution is -2.19. The van der Waals surface area contributed by atoms with E-state index in [-0.39, 0.29) is 18.6 Å². The third-order valence-corrected chi connectivity index (χ3v) is 6.26. The average molecular weight is 381 g/mol. The number of fused-ring (bicyclic) bond motifs is 1. The Morgan fingerprint density at radius 2 is 2.07 bits per heavy atom. The van der Waals surface area contributed by atoms with E-state index in [0.717, 1.165) is 32.1 Å². The highest BCUT2D eigenvalue weighted by Crippen LogP contribution is 2.50. The van der Waals surface area contributed by atoms with Crippen LogP contribution in [-0.4, -0.2) is 46.7 Å². The predicted molar refractivity (Wildman–Crippen MR) is 104 cm³/mol. The van der Waals surface area contributed by atoms with E-state index in [1.807, 2.05) is 0 Å². The number of hydrogen-bond acceptors (Lipinski definition) is 4. The van der Waals surface area contributed by atoms with Crippen LogP contribution in [0.15, 0.2) is 0 Å². The third-order valence-electron chi connectivity index (χ3n) is 6.26. The van der Waals surface area contributed by atoms with Crippen LogP contribution in [0.2, 0.25) is 0 Å². The Morgan fingerprint density at radius 3 is 2.78 bits per heavy atom. The molecule has 0 amide bonds. The zero-order valence-electron chi connectivity index (χ0n) is 16.8. The summed E-state index contributed by atoms with van der Waals surface area (Å²) >= 11 is 0. The summed E-state index contributed by atoms with van der Waals surface area (Å²) in [4.78, 5) is 10.5. The van der Waals surface area contributed by atoms with E-state index >= 15 is 0 Å². The Balaban J connectivity index is 1.80. The number of aliphatic hydroxyl groups is 2. The van der Waals surface area contributed by atoms with Crippen molar-refractivity contribution in [3.05, 3.63) is 0 Å². The van der Waals surface area contributed by atoms with Crippen LogP contribution in [0.25, 0.3) is 0 Å². The molecule has 2 unspecified atom stereocenters. The number of carbonyl (C=O) groups is 1. The van der Waals surface area contributed by atoms with Gasteiger partial charge in [-0.3, -0.25) is 0 Å². The van der Waals surface area contributed by atoms with Crippen LogP contribution >= 0.6 is 0 Å². The first kappa shape index (κ1) is 22.2. The number of ether oxygens (including phenoxy) is 1. The quantitative estimate of drug-likeness (QED) is 0.400. The van der Waals surface area contributed by atoms with Gasteiger partial charge >= 0.3 is 5.97 Å². The Hall–Kier alpha value is -1.09. The van der Waals surface area contributed by atoms with Gasteiger partial charge in [0, 0.05) is 12.5 Å². The van der Waals surface area contributed by atoms with E-state index < -0.39 is 12.1 Å². The van der Waals surface area contributed by atoms with Gasteiger partial charge in [-0.15, -0.1) is 0 Å². The van der Waals surface area contributed by atoms with Crippen LogP contribution in [0, 0.1) is 41.4 Å². The lowest BCUT2D eigenvalue weighted by molar-refractivity contribution is -0.142. The first-order valence-electron chi connectivity index (χ1n) is 10.6. The molecule has 0 heterocycles. The molecule has 2 saturated carbocycles. The van der Waals surface area contributed by atoms with E-state index in [2.05, 4.69) is 25.7 Å². The van der Waals surface area contributed by atoms with Gasteiger partial charge in [-0.25, -0.2) is 4.79 Å². The summed E-state index contributed by atoms with van der Waals surface area (Å²) < 4.78 is 5.16. The Kier molecular flexibility index (Phi) is 9.08. The maximum Gasteiger partial charge on any atom is 0.329 e. The normalized spacial score (nSPS) is 31.8. The summed E-state index contributed by atoms with van der Waals surface area (Å²) in [6, 6.07) is 0. The minimum absolute atomic E-state index is 0.0412. The molecule has 0 aromatic rings. The van der Waals surface area contributed by atoms with Gasteiger partial charge in [0.15, 0.2) is 0 Å². The van der Waals surface area contributed by atoms with E-state index in [1.165, 1.54) is 12.8 Å². The number of unbranched alkanes of at least 4 members (excludes halogenated alkanes) is 1. The van der Waals surface area contributed by atoms with Crippen LogP contribution < -0.4 is 0 Å². The van der Waals surface area contributed by atoms with E-state index in [1.54, 1.807) is 0 Å². The van der Waals surface area contributed by atoms with Crippen molar-refractivity contribution in [2.24, 2.45) is 29.6 Å². The number of rotatable bonds is 10. The second-order valence-corrected chi connectivity index (χ2v) is 8.61. The van der Waals surface area contributed by atoms with Crippen LogP contribution in [0.5, 0.6) is 0 Å². The molecule has 7 atom stereocenters. The largest absolute Gasteiger partial charge is 0.480 e. The molecule has 0 bridgehead atoms. The highest BCUT2D eigenvalue weighted by Gasteiger charge is 2.47. The molecule has 0 aromatic heterocycles. The second-order valence-electron chi connectivity index (χ2n) is 8.61. The average Bonchev–Trinajstić information content (AvgIpc) is 3.11. The van der Waals surface area contributed by atoms with Crippen LogP contribution in [0.3, 0.4) is 0 Å². The van der Waals surface area contributed by atoms with Crippen molar-refractivity contribution < 1.29 is 24.9 Å². The number of aliphatic hydroxyl groups excluding tert-OH is 2. The van der Waals surface area contributed by atoms with Gasteiger partial charge in [-0.1, -0.05) is 45.0 Å². The molecule has 154 valence electrons. The third kappa shape index (κ3) is 7.10. The molecule has 3 N–H and O–H groups in total. The van der Waals surface area contributed by atoms with Crippen molar-refractivity contribution in [1.29, 1.82) is 0 Å². The molecule has 2 aliphatic rings. The van der Waals surface area contributed by atoms with Gasteiger partial charge in [0.1, 0.15) is 12.7 Å². The maximum atomic E-state index is 10.5. The molecular weight excluding hydrogens is 344 g/mol. The summed E-state index contributed by atoms with van der Waals surface area (Å²) in [5.74, 6) is 7.11. The van der Waals surface area contributed by atoms with Crippen LogP contribution in [0.4, 0.5) is 0 Å². The zero-order chi connectivity index (χ0) is 19.8. The Labute approximate surface area is 163 Å². The molecule has 2 aliphatic carbocycles. The van der Waals surface area contributed by atoms with E-state index in [0.29, 0.717) is 36.7 Å². The predicted octanol–water partition coefficient (Wildman–Crippen LogP) is 3.08. The van der Waals surface area contributed by atoms with Gasteiger partial charge in [0.25, 0.3) is 0 Å². The highest BCUT2D eigenvalue weighted by molar-refractivity contribution is 5.67. The zero-order valence-corrected chi connectivity index (χ0v) is 16.8. The lowest BCUT2D eigenvalue weighted by Gasteiger charge is -2.17. The molecule has 2 rings (SSSR count). The monoisotopic (exact) mass is 380 g/mol. The van der Waals surface area contributed by atoms with Gasteiger partial charge in [-0.2, -0.15) is 0 Å². The summed E-state index contributed by atoms with van der Waals surface area (Å²) in [5, 5.41) is 29.2. The molecule has 2 fully saturated rings. The molecule has 5 heteroatoms. The molecule has 0 spiro atoms. The minimum atomic E-state index is -0.931.